The maximum Gasteiger partial charge on any atom is 0.260 e. The number of hydrogen-bond donors (Lipinski definition) is 2. The van der Waals surface area contributed by atoms with Gasteiger partial charge in [-0.15, -0.1) is 0 Å². The molecule has 0 atom stereocenters. The van der Waals surface area contributed by atoms with Crippen LogP contribution in [0.15, 0.2) is 36.4 Å². The van der Waals surface area contributed by atoms with Crippen LogP contribution in [-0.2, 0) is 20.9 Å². The maximum atomic E-state index is 12.4. The summed E-state index contributed by atoms with van der Waals surface area (Å²) in [6.45, 7) is 1.81. The second-order valence-corrected chi connectivity index (χ2v) is 6.13. The molecule has 2 amide bonds. The summed E-state index contributed by atoms with van der Waals surface area (Å²) in [4.78, 5) is 23.6. The lowest BCUT2D eigenvalue weighted by molar-refractivity contribution is -0.114. The minimum atomic E-state index is -0.207. The fourth-order valence-electron chi connectivity index (χ4n) is 3.02. The molecule has 0 saturated carbocycles. The van der Waals surface area contributed by atoms with Gasteiger partial charge in [-0.3, -0.25) is 9.59 Å². The molecule has 6 heteroatoms. The summed E-state index contributed by atoms with van der Waals surface area (Å²) < 4.78 is 5.80. The predicted octanol–water partition coefficient (Wildman–Crippen LogP) is 3.65. The van der Waals surface area contributed by atoms with Gasteiger partial charge in [-0.25, -0.2) is 0 Å². The van der Waals surface area contributed by atoms with Crippen LogP contribution in [0.2, 0.25) is 5.02 Å². The largest absolute Gasteiger partial charge is 0.487 e. The van der Waals surface area contributed by atoms with Crippen molar-refractivity contribution in [2.24, 2.45) is 0 Å². The van der Waals surface area contributed by atoms with Crippen LogP contribution in [0.3, 0.4) is 0 Å². The van der Waals surface area contributed by atoms with Crippen molar-refractivity contribution >= 4 is 46.1 Å². The smallest absolute Gasteiger partial charge is 0.260 e. The van der Waals surface area contributed by atoms with Gasteiger partial charge in [0.15, 0.2) is 0 Å². The van der Waals surface area contributed by atoms with Gasteiger partial charge in [-0.1, -0.05) is 11.6 Å². The van der Waals surface area contributed by atoms with Crippen LogP contribution in [-0.4, -0.2) is 11.8 Å². The van der Waals surface area contributed by atoms with Crippen LogP contribution in [0.25, 0.3) is 11.3 Å². The number of nitrogens with one attached hydrogen (secondary N) is 2. The summed E-state index contributed by atoms with van der Waals surface area (Å²) in [7, 11) is 0. The Kier molecular flexibility index (Phi) is 3.32. The summed E-state index contributed by atoms with van der Waals surface area (Å²) in [6, 6.07) is 10.8. The highest BCUT2D eigenvalue weighted by Gasteiger charge is 2.32. The molecule has 2 aliphatic heterocycles. The highest BCUT2D eigenvalue weighted by Crippen LogP contribution is 2.42. The number of halogens is 1. The van der Waals surface area contributed by atoms with E-state index in [-0.39, 0.29) is 11.8 Å². The molecule has 0 bridgehead atoms. The fraction of sp³-hybridized carbons (Fsp3) is 0.111. The average molecular weight is 341 g/mol. The minimum absolute atomic E-state index is 0.133. The molecule has 120 valence electrons. The molecule has 0 radical (unpaired) electrons. The van der Waals surface area contributed by atoms with Gasteiger partial charge in [0.05, 0.1) is 5.57 Å². The molecule has 2 aliphatic rings. The number of anilines is 2. The number of carbonyl (C=O) groups excluding carboxylic acids is 2. The first-order chi connectivity index (χ1) is 11.5. The van der Waals surface area contributed by atoms with E-state index >= 15 is 0 Å². The van der Waals surface area contributed by atoms with Crippen LogP contribution < -0.4 is 10.6 Å². The zero-order valence-corrected chi connectivity index (χ0v) is 13.5. The number of ether oxygens (including phenoxy) is 1. The molecular weight excluding hydrogens is 328 g/mol. The van der Waals surface area contributed by atoms with Crippen molar-refractivity contribution in [1.82, 2.24) is 0 Å². The van der Waals surface area contributed by atoms with Crippen molar-refractivity contribution in [3.8, 4) is 0 Å². The van der Waals surface area contributed by atoms with Gasteiger partial charge in [-0.2, -0.15) is 0 Å². The van der Waals surface area contributed by atoms with E-state index in [2.05, 4.69) is 10.6 Å². The third-order valence-electron chi connectivity index (χ3n) is 4.00. The van der Waals surface area contributed by atoms with Crippen molar-refractivity contribution in [2.45, 2.75) is 13.5 Å². The van der Waals surface area contributed by atoms with E-state index in [1.54, 1.807) is 24.3 Å². The van der Waals surface area contributed by atoms with E-state index in [1.807, 2.05) is 12.1 Å². The van der Waals surface area contributed by atoms with Gasteiger partial charge in [0.25, 0.3) is 5.91 Å². The van der Waals surface area contributed by atoms with Crippen molar-refractivity contribution in [1.29, 1.82) is 0 Å². The Balaban J connectivity index is 1.83. The molecule has 0 aliphatic carbocycles. The standard InChI is InChI=1S/C18H13ClN2O3/c1-9(22)20-12-3-4-13-10(6-12)8-24-17(13)16-14-7-11(19)2-5-15(14)21-18(16)23/h2-7H,8H2,1H3,(H,20,22)(H,21,23)/b17-16+. The van der Waals surface area contributed by atoms with Crippen LogP contribution in [0.4, 0.5) is 11.4 Å². The highest BCUT2D eigenvalue weighted by molar-refractivity contribution is 6.38. The van der Waals surface area contributed by atoms with Crippen LogP contribution in [0.1, 0.15) is 23.6 Å². The van der Waals surface area contributed by atoms with Gasteiger partial charge in [0.1, 0.15) is 12.4 Å². The Morgan fingerprint density at radius 3 is 2.83 bits per heavy atom. The molecule has 2 aromatic carbocycles. The molecule has 0 unspecified atom stereocenters. The summed E-state index contributed by atoms with van der Waals surface area (Å²) >= 11 is 6.07. The monoisotopic (exact) mass is 340 g/mol. The van der Waals surface area contributed by atoms with Crippen LogP contribution in [0, 0.1) is 0 Å². The first kappa shape index (κ1) is 14.8. The van der Waals surface area contributed by atoms with Gasteiger partial charge in [-0.05, 0) is 36.4 Å². The van der Waals surface area contributed by atoms with Crippen molar-refractivity contribution < 1.29 is 14.3 Å². The second-order valence-electron chi connectivity index (χ2n) is 5.69. The van der Waals surface area contributed by atoms with E-state index in [1.165, 1.54) is 6.92 Å². The Labute approximate surface area is 143 Å². The molecule has 2 N–H and O–H groups in total. The minimum Gasteiger partial charge on any atom is -0.487 e. The number of carbonyl (C=O) groups is 2. The molecule has 4 rings (SSSR count). The SMILES string of the molecule is CC(=O)Nc1ccc2c(c1)CO/C2=C1/C(=O)Nc2ccc(Cl)cc21. The summed E-state index contributed by atoms with van der Waals surface area (Å²) in [5, 5.41) is 6.13. The van der Waals surface area contributed by atoms with E-state index in [0.717, 1.165) is 22.4 Å². The van der Waals surface area contributed by atoms with Gasteiger partial charge >= 0.3 is 0 Å². The average Bonchev–Trinajstić information content (AvgIpc) is 3.06. The zero-order chi connectivity index (χ0) is 16.8. The summed E-state index contributed by atoms with van der Waals surface area (Å²) in [5.74, 6) is 0.199. The van der Waals surface area contributed by atoms with Crippen molar-refractivity contribution in [3.63, 3.8) is 0 Å². The third-order valence-corrected chi connectivity index (χ3v) is 4.23. The van der Waals surface area contributed by atoms with Crippen LogP contribution in [0.5, 0.6) is 0 Å². The number of fused-ring (bicyclic) bond motifs is 2. The van der Waals surface area contributed by atoms with Crippen LogP contribution >= 0.6 is 11.6 Å². The zero-order valence-electron chi connectivity index (χ0n) is 12.8. The lowest BCUT2D eigenvalue weighted by Gasteiger charge is -2.06. The molecule has 0 fully saturated rings. The Morgan fingerprint density at radius 1 is 1.21 bits per heavy atom. The first-order valence-electron chi connectivity index (χ1n) is 7.42. The number of rotatable bonds is 1. The highest BCUT2D eigenvalue weighted by atomic mass is 35.5. The number of benzene rings is 2. The van der Waals surface area contributed by atoms with Crippen molar-refractivity contribution in [2.75, 3.05) is 10.6 Å². The number of amides is 2. The predicted molar refractivity (Wildman–Crippen MR) is 92.4 cm³/mol. The Hall–Kier alpha value is -2.79. The summed E-state index contributed by atoms with van der Waals surface area (Å²) in [5.41, 5.74) is 4.42. The molecule has 0 saturated heterocycles. The van der Waals surface area contributed by atoms with E-state index < -0.39 is 0 Å². The molecular formula is C18H13ClN2O3. The maximum absolute atomic E-state index is 12.4. The molecule has 2 heterocycles. The molecule has 0 spiro atoms. The Bertz CT molecular complexity index is 934. The fourth-order valence-corrected chi connectivity index (χ4v) is 3.19. The third kappa shape index (κ3) is 2.34. The Morgan fingerprint density at radius 2 is 2.04 bits per heavy atom. The summed E-state index contributed by atoms with van der Waals surface area (Å²) in [6.07, 6.45) is 0. The van der Waals surface area contributed by atoms with Gasteiger partial charge in [0, 0.05) is 40.0 Å². The van der Waals surface area contributed by atoms with E-state index in [4.69, 9.17) is 16.3 Å². The lowest BCUT2D eigenvalue weighted by atomic mass is 10.00. The van der Waals surface area contributed by atoms with Crippen molar-refractivity contribution in [3.05, 3.63) is 58.1 Å². The molecule has 24 heavy (non-hydrogen) atoms. The molecule has 5 nitrogen and oxygen atoms in total. The quantitative estimate of drug-likeness (QED) is 0.779. The topological polar surface area (TPSA) is 67.4 Å². The van der Waals surface area contributed by atoms with Gasteiger partial charge < -0.3 is 15.4 Å². The number of hydrogen-bond acceptors (Lipinski definition) is 3. The second kappa shape index (κ2) is 5.39. The van der Waals surface area contributed by atoms with E-state index in [9.17, 15) is 9.59 Å². The molecule has 2 aromatic rings. The normalized spacial score (nSPS) is 17.8. The lowest BCUT2D eigenvalue weighted by Crippen LogP contribution is -2.06. The first-order valence-corrected chi connectivity index (χ1v) is 7.80. The molecule has 0 aromatic heterocycles. The van der Waals surface area contributed by atoms with E-state index in [0.29, 0.717) is 28.6 Å². The van der Waals surface area contributed by atoms with Gasteiger partial charge in [0.2, 0.25) is 5.91 Å².